The Morgan fingerprint density at radius 1 is 1.03 bits per heavy atom. The van der Waals surface area contributed by atoms with Crippen molar-refractivity contribution in [2.24, 2.45) is 0 Å². The van der Waals surface area contributed by atoms with Gasteiger partial charge in [0.25, 0.3) is 11.5 Å². The molecular weight excluding hydrogens is 464 g/mol. The summed E-state index contributed by atoms with van der Waals surface area (Å²) < 4.78 is 18.9. The average molecular weight is 495 g/mol. The van der Waals surface area contributed by atoms with Crippen molar-refractivity contribution in [3.63, 3.8) is 0 Å². The highest BCUT2D eigenvalue weighted by Gasteiger charge is 2.24. The van der Waals surface area contributed by atoms with Crippen molar-refractivity contribution in [3.05, 3.63) is 63.3 Å². The van der Waals surface area contributed by atoms with E-state index in [2.05, 4.69) is 12.2 Å². The second kappa shape index (κ2) is 10.8. The molecule has 0 aliphatic heterocycles. The molecule has 0 unspecified atom stereocenters. The summed E-state index contributed by atoms with van der Waals surface area (Å²) in [6.07, 6.45) is 2.49. The Balaban J connectivity index is 1.65. The van der Waals surface area contributed by atoms with Crippen LogP contribution in [0.4, 0.5) is 0 Å². The SMILES string of the molecule is CCCCn1c(=O)c2c(OC)c(C(=O)NCCc3ccc(OC)c(OC)c3)sc2c2ccccc21. The number of nitrogens with zero attached hydrogens (tertiary/aromatic N) is 1. The molecule has 0 atom stereocenters. The zero-order valence-corrected chi connectivity index (χ0v) is 21.3. The Kier molecular flexibility index (Phi) is 7.60. The number of rotatable bonds is 10. The summed E-state index contributed by atoms with van der Waals surface area (Å²) in [5.41, 5.74) is 1.77. The molecule has 2 aromatic heterocycles. The molecule has 1 N–H and O–H groups in total. The van der Waals surface area contributed by atoms with Gasteiger partial charge in [0.15, 0.2) is 17.2 Å². The van der Waals surface area contributed by atoms with Gasteiger partial charge in [-0.25, -0.2) is 0 Å². The second-order valence-electron chi connectivity index (χ2n) is 8.19. The third-order valence-electron chi connectivity index (χ3n) is 6.06. The normalized spacial score (nSPS) is 11.1. The van der Waals surface area contributed by atoms with Crippen LogP contribution in [0.15, 0.2) is 47.3 Å². The third kappa shape index (κ3) is 4.71. The molecule has 0 bridgehead atoms. The molecule has 0 saturated carbocycles. The first-order valence-corrected chi connectivity index (χ1v) is 12.5. The number of nitrogens with one attached hydrogen (secondary N) is 1. The van der Waals surface area contributed by atoms with Crippen LogP contribution in [0.3, 0.4) is 0 Å². The van der Waals surface area contributed by atoms with E-state index in [1.54, 1.807) is 18.8 Å². The third-order valence-corrected chi connectivity index (χ3v) is 7.26. The summed E-state index contributed by atoms with van der Waals surface area (Å²) in [4.78, 5) is 27.1. The number of pyridine rings is 1. The minimum absolute atomic E-state index is 0.121. The van der Waals surface area contributed by atoms with Crippen molar-refractivity contribution >= 4 is 38.2 Å². The van der Waals surface area contributed by atoms with Gasteiger partial charge in [-0.05, 0) is 36.6 Å². The van der Waals surface area contributed by atoms with E-state index in [0.717, 1.165) is 34.0 Å². The molecule has 4 aromatic rings. The number of unbranched alkanes of at least 4 members (excludes halogenated alkanes) is 1. The number of ether oxygens (including phenoxy) is 3. The maximum atomic E-state index is 13.5. The number of aromatic nitrogens is 1. The van der Waals surface area contributed by atoms with Crippen LogP contribution in [0, 0.1) is 0 Å². The summed E-state index contributed by atoms with van der Waals surface area (Å²) >= 11 is 1.30. The summed E-state index contributed by atoms with van der Waals surface area (Å²) in [7, 11) is 4.70. The number of hydrogen-bond acceptors (Lipinski definition) is 6. The van der Waals surface area contributed by atoms with Crippen LogP contribution in [0.1, 0.15) is 35.0 Å². The maximum absolute atomic E-state index is 13.5. The van der Waals surface area contributed by atoms with Crippen molar-refractivity contribution in [1.29, 1.82) is 0 Å². The highest BCUT2D eigenvalue weighted by Crippen LogP contribution is 2.39. The number of methoxy groups -OCH3 is 3. The highest BCUT2D eigenvalue weighted by atomic mass is 32.1. The van der Waals surface area contributed by atoms with E-state index in [9.17, 15) is 9.59 Å². The summed E-state index contributed by atoms with van der Waals surface area (Å²) in [6.45, 7) is 3.15. The zero-order valence-electron chi connectivity index (χ0n) is 20.5. The molecule has 184 valence electrons. The van der Waals surface area contributed by atoms with Gasteiger partial charge >= 0.3 is 0 Å². The first-order chi connectivity index (χ1) is 17.0. The number of carbonyl (C=O) groups excluding carboxylic acids is 1. The second-order valence-corrected chi connectivity index (χ2v) is 9.21. The number of benzene rings is 2. The molecule has 1 amide bonds. The van der Waals surface area contributed by atoms with Crippen LogP contribution in [0.2, 0.25) is 0 Å². The molecule has 0 saturated heterocycles. The largest absolute Gasteiger partial charge is 0.494 e. The molecule has 7 nitrogen and oxygen atoms in total. The first kappa shape index (κ1) is 24.6. The molecule has 8 heteroatoms. The minimum Gasteiger partial charge on any atom is -0.494 e. The van der Waals surface area contributed by atoms with Crippen LogP contribution < -0.4 is 25.1 Å². The number of thiophene rings is 1. The van der Waals surface area contributed by atoms with Crippen molar-refractivity contribution in [3.8, 4) is 17.2 Å². The summed E-state index contributed by atoms with van der Waals surface area (Å²) in [6, 6.07) is 13.5. The van der Waals surface area contributed by atoms with E-state index in [-0.39, 0.29) is 11.5 Å². The van der Waals surface area contributed by atoms with E-state index < -0.39 is 0 Å². The van der Waals surface area contributed by atoms with Crippen molar-refractivity contribution < 1.29 is 19.0 Å². The van der Waals surface area contributed by atoms with E-state index in [1.807, 2.05) is 42.5 Å². The van der Waals surface area contributed by atoms with Gasteiger partial charge in [0.05, 0.1) is 31.5 Å². The van der Waals surface area contributed by atoms with Gasteiger partial charge in [0.2, 0.25) is 0 Å². The molecular formula is C27H30N2O5S. The fraction of sp³-hybridized carbons (Fsp3) is 0.333. The maximum Gasteiger partial charge on any atom is 0.265 e. The Morgan fingerprint density at radius 3 is 2.51 bits per heavy atom. The molecule has 2 aromatic carbocycles. The monoisotopic (exact) mass is 494 g/mol. The Bertz CT molecular complexity index is 1420. The molecule has 35 heavy (non-hydrogen) atoms. The van der Waals surface area contributed by atoms with Crippen LogP contribution in [0.25, 0.3) is 21.0 Å². The minimum atomic E-state index is -0.257. The summed E-state index contributed by atoms with van der Waals surface area (Å²) in [5.74, 6) is 1.39. The van der Waals surface area contributed by atoms with E-state index >= 15 is 0 Å². The van der Waals surface area contributed by atoms with Crippen LogP contribution >= 0.6 is 11.3 Å². The Morgan fingerprint density at radius 2 is 1.80 bits per heavy atom. The van der Waals surface area contributed by atoms with Gasteiger partial charge in [-0.15, -0.1) is 11.3 Å². The lowest BCUT2D eigenvalue weighted by Crippen LogP contribution is -2.25. The number of hydrogen-bond donors (Lipinski definition) is 1. The molecule has 0 aliphatic carbocycles. The first-order valence-electron chi connectivity index (χ1n) is 11.6. The van der Waals surface area contributed by atoms with E-state index in [0.29, 0.717) is 47.0 Å². The van der Waals surface area contributed by atoms with Crippen molar-refractivity contribution in [2.45, 2.75) is 32.7 Å². The summed E-state index contributed by atoms with van der Waals surface area (Å²) in [5, 5.41) is 4.40. The predicted molar refractivity (Wildman–Crippen MR) is 141 cm³/mol. The molecule has 2 heterocycles. The van der Waals surface area contributed by atoms with Crippen LogP contribution in [0.5, 0.6) is 17.2 Å². The number of carbonyl (C=O) groups is 1. The Labute approximate surface area is 208 Å². The van der Waals surface area contributed by atoms with Crippen LogP contribution in [-0.4, -0.2) is 38.3 Å². The zero-order chi connectivity index (χ0) is 24.9. The lowest BCUT2D eigenvalue weighted by atomic mass is 10.1. The van der Waals surface area contributed by atoms with Crippen LogP contribution in [-0.2, 0) is 13.0 Å². The Hall–Kier alpha value is -3.52. The fourth-order valence-corrected chi connectivity index (χ4v) is 5.48. The number of fused-ring (bicyclic) bond motifs is 3. The van der Waals surface area contributed by atoms with Gasteiger partial charge in [-0.1, -0.05) is 37.6 Å². The lowest BCUT2D eigenvalue weighted by molar-refractivity contribution is 0.0955. The molecule has 0 aliphatic rings. The van der Waals surface area contributed by atoms with Gasteiger partial charge in [-0.3, -0.25) is 9.59 Å². The number of para-hydroxylation sites is 1. The average Bonchev–Trinajstić information content (AvgIpc) is 3.29. The molecule has 0 radical (unpaired) electrons. The fourth-order valence-electron chi connectivity index (χ4n) is 4.26. The topological polar surface area (TPSA) is 78.8 Å². The van der Waals surface area contributed by atoms with Gasteiger partial charge in [0, 0.05) is 18.5 Å². The van der Waals surface area contributed by atoms with E-state index in [1.165, 1.54) is 18.4 Å². The number of amides is 1. The van der Waals surface area contributed by atoms with Gasteiger partial charge < -0.3 is 24.1 Å². The van der Waals surface area contributed by atoms with Crippen molar-refractivity contribution in [2.75, 3.05) is 27.9 Å². The predicted octanol–water partition coefficient (Wildman–Crippen LogP) is 5.01. The standard InChI is InChI=1S/C27H30N2O5S/c1-5-6-15-29-19-10-8-7-9-18(19)24-22(27(29)31)23(34-4)25(35-24)26(30)28-14-13-17-11-12-20(32-2)21(16-17)33-3/h7-12,16H,5-6,13-15H2,1-4H3,(H,28,30). The van der Waals surface area contributed by atoms with E-state index in [4.69, 9.17) is 14.2 Å². The molecule has 0 fully saturated rings. The quantitative estimate of drug-likeness (QED) is 0.335. The molecule has 0 spiro atoms. The highest BCUT2D eigenvalue weighted by molar-refractivity contribution is 7.22. The van der Waals surface area contributed by atoms with Gasteiger partial charge in [-0.2, -0.15) is 0 Å². The molecule has 4 rings (SSSR count). The lowest BCUT2D eigenvalue weighted by Gasteiger charge is -2.11. The van der Waals surface area contributed by atoms with Gasteiger partial charge in [0.1, 0.15) is 10.3 Å². The smallest absolute Gasteiger partial charge is 0.265 e. The van der Waals surface area contributed by atoms with Crippen molar-refractivity contribution in [1.82, 2.24) is 9.88 Å². The number of aryl methyl sites for hydroxylation is 1.